The van der Waals surface area contributed by atoms with E-state index in [-0.39, 0.29) is 6.04 Å². The molecule has 1 fully saturated rings. The summed E-state index contributed by atoms with van der Waals surface area (Å²) in [6.07, 6.45) is 0.607. The lowest BCUT2D eigenvalue weighted by Gasteiger charge is -2.12. The van der Waals surface area contributed by atoms with Gasteiger partial charge in [0.1, 0.15) is 6.04 Å². The normalized spacial score (nSPS) is 18.0. The zero-order valence-corrected chi connectivity index (χ0v) is 9.03. The second-order valence-electron chi connectivity index (χ2n) is 3.50. The SMILES string of the molecule is O=C(O)C[C@H](NS(=O)(=O)NC1CC1)C(=O)O. The highest BCUT2D eigenvalue weighted by atomic mass is 32.2. The third-order valence-corrected chi connectivity index (χ3v) is 3.11. The van der Waals surface area contributed by atoms with Crippen molar-refractivity contribution in [1.29, 1.82) is 0 Å². The van der Waals surface area contributed by atoms with E-state index in [1.165, 1.54) is 0 Å². The van der Waals surface area contributed by atoms with Gasteiger partial charge in [0, 0.05) is 6.04 Å². The highest BCUT2D eigenvalue weighted by Crippen LogP contribution is 2.19. The number of hydrogen-bond acceptors (Lipinski definition) is 4. The Bertz CT molecular complexity index is 388. The summed E-state index contributed by atoms with van der Waals surface area (Å²) in [5.74, 6) is -2.91. The van der Waals surface area contributed by atoms with Crippen molar-refractivity contribution in [2.24, 2.45) is 0 Å². The molecule has 92 valence electrons. The van der Waals surface area contributed by atoms with Crippen LogP contribution in [0.15, 0.2) is 0 Å². The summed E-state index contributed by atoms with van der Waals surface area (Å²) in [7, 11) is -3.95. The molecule has 0 saturated heterocycles. The molecule has 0 bridgehead atoms. The highest BCUT2D eigenvalue weighted by Gasteiger charge is 2.31. The second-order valence-corrected chi connectivity index (χ2v) is 4.98. The van der Waals surface area contributed by atoms with E-state index in [1.807, 2.05) is 0 Å². The Labute approximate surface area is 91.8 Å². The molecule has 1 rings (SSSR count). The number of aliphatic carboxylic acids is 2. The summed E-state index contributed by atoms with van der Waals surface area (Å²) < 4.78 is 26.6. The van der Waals surface area contributed by atoms with Gasteiger partial charge in [0.15, 0.2) is 0 Å². The third-order valence-electron chi connectivity index (χ3n) is 1.87. The molecule has 16 heavy (non-hydrogen) atoms. The van der Waals surface area contributed by atoms with Gasteiger partial charge >= 0.3 is 11.9 Å². The lowest BCUT2D eigenvalue weighted by atomic mass is 10.2. The molecular formula is C7H12N2O6S. The molecule has 4 N–H and O–H groups in total. The number of nitrogens with one attached hydrogen (secondary N) is 2. The lowest BCUT2D eigenvalue weighted by molar-refractivity contribution is -0.145. The first-order valence-electron chi connectivity index (χ1n) is 4.54. The van der Waals surface area contributed by atoms with Crippen LogP contribution in [0.2, 0.25) is 0 Å². The van der Waals surface area contributed by atoms with Crippen molar-refractivity contribution in [3.8, 4) is 0 Å². The Morgan fingerprint density at radius 2 is 1.88 bits per heavy atom. The van der Waals surface area contributed by atoms with Crippen LogP contribution in [0.4, 0.5) is 0 Å². The Hall–Kier alpha value is -1.19. The minimum absolute atomic E-state index is 0.170. The topological polar surface area (TPSA) is 133 Å². The first-order valence-corrected chi connectivity index (χ1v) is 6.02. The van der Waals surface area contributed by atoms with Gasteiger partial charge in [0.2, 0.25) is 0 Å². The zero-order chi connectivity index (χ0) is 12.3. The molecule has 0 aromatic rings. The van der Waals surface area contributed by atoms with Gasteiger partial charge in [-0.25, -0.2) is 0 Å². The standard InChI is InChI=1S/C7H12N2O6S/c10-6(11)3-5(7(12)13)9-16(14,15)8-4-1-2-4/h4-5,8-9H,1-3H2,(H,10,11)(H,12,13)/t5-/m0/s1. The summed E-state index contributed by atoms with van der Waals surface area (Å²) in [6, 6.07) is -1.83. The van der Waals surface area contributed by atoms with Crippen molar-refractivity contribution >= 4 is 22.1 Å². The Kier molecular flexibility index (Phi) is 3.83. The molecule has 0 heterocycles. The van der Waals surface area contributed by atoms with E-state index in [1.54, 1.807) is 4.72 Å². The molecule has 1 aliphatic rings. The molecule has 0 aromatic heterocycles. The average molecular weight is 252 g/mol. The molecule has 0 spiro atoms. The molecule has 0 amide bonds. The van der Waals surface area contributed by atoms with Crippen LogP contribution < -0.4 is 9.44 Å². The van der Waals surface area contributed by atoms with Gasteiger partial charge in [-0.05, 0) is 12.8 Å². The largest absolute Gasteiger partial charge is 0.481 e. The molecule has 0 aromatic carbocycles. The van der Waals surface area contributed by atoms with E-state index >= 15 is 0 Å². The summed E-state index contributed by atoms with van der Waals surface area (Å²) in [5, 5.41) is 17.0. The number of rotatable bonds is 7. The van der Waals surface area contributed by atoms with E-state index in [9.17, 15) is 18.0 Å². The van der Waals surface area contributed by atoms with E-state index < -0.39 is 34.6 Å². The summed E-state index contributed by atoms with van der Waals surface area (Å²) in [6.45, 7) is 0. The van der Waals surface area contributed by atoms with Crippen LogP contribution in [0.1, 0.15) is 19.3 Å². The van der Waals surface area contributed by atoms with Crippen LogP contribution in [-0.2, 0) is 19.8 Å². The van der Waals surface area contributed by atoms with Crippen molar-refractivity contribution < 1.29 is 28.2 Å². The third kappa shape index (κ3) is 4.55. The number of carboxylic acid groups (broad SMARTS) is 2. The van der Waals surface area contributed by atoms with Crippen molar-refractivity contribution in [2.45, 2.75) is 31.3 Å². The van der Waals surface area contributed by atoms with Crippen LogP contribution in [0, 0.1) is 0 Å². The molecule has 1 aliphatic carbocycles. The summed E-state index contributed by atoms with van der Waals surface area (Å²) in [4.78, 5) is 20.9. The predicted octanol–water partition coefficient (Wildman–Crippen LogP) is -1.50. The van der Waals surface area contributed by atoms with E-state index in [0.29, 0.717) is 12.8 Å². The van der Waals surface area contributed by atoms with E-state index in [0.717, 1.165) is 0 Å². The minimum Gasteiger partial charge on any atom is -0.481 e. The van der Waals surface area contributed by atoms with E-state index in [4.69, 9.17) is 10.2 Å². The molecule has 1 atom stereocenters. The second kappa shape index (κ2) is 4.76. The molecule has 9 heteroatoms. The first kappa shape index (κ1) is 12.9. The maximum Gasteiger partial charge on any atom is 0.322 e. The Morgan fingerprint density at radius 1 is 1.31 bits per heavy atom. The van der Waals surface area contributed by atoms with Gasteiger partial charge in [-0.1, -0.05) is 0 Å². The Morgan fingerprint density at radius 3 is 2.25 bits per heavy atom. The average Bonchev–Trinajstić information content (AvgIpc) is 2.84. The van der Waals surface area contributed by atoms with Crippen LogP contribution >= 0.6 is 0 Å². The number of carboxylic acids is 2. The maximum atomic E-state index is 11.3. The van der Waals surface area contributed by atoms with Gasteiger partial charge in [-0.2, -0.15) is 17.9 Å². The van der Waals surface area contributed by atoms with Gasteiger partial charge in [-0.15, -0.1) is 0 Å². The lowest BCUT2D eigenvalue weighted by Crippen LogP contribution is -2.47. The van der Waals surface area contributed by atoms with Gasteiger partial charge in [0.05, 0.1) is 6.42 Å². The monoisotopic (exact) mass is 252 g/mol. The Balaban J connectivity index is 2.58. The number of carbonyl (C=O) groups is 2. The van der Waals surface area contributed by atoms with Crippen LogP contribution in [0.25, 0.3) is 0 Å². The molecular weight excluding hydrogens is 240 g/mol. The highest BCUT2D eigenvalue weighted by molar-refractivity contribution is 7.87. The molecule has 0 radical (unpaired) electrons. The smallest absolute Gasteiger partial charge is 0.322 e. The summed E-state index contributed by atoms with van der Waals surface area (Å²) >= 11 is 0. The fourth-order valence-electron chi connectivity index (χ4n) is 0.996. The zero-order valence-electron chi connectivity index (χ0n) is 8.21. The van der Waals surface area contributed by atoms with Crippen LogP contribution in [0.3, 0.4) is 0 Å². The van der Waals surface area contributed by atoms with Crippen molar-refractivity contribution in [3.05, 3.63) is 0 Å². The predicted molar refractivity (Wildman–Crippen MR) is 51.9 cm³/mol. The molecule has 8 nitrogen and oxygen atoms in total. The first-order chi connectivity index (χ1) is 7.30. The molecule has 0 unspecified atom stereocenters. The fourth-order valence-corrected chi connectivity index (χ4v) is 2.30. The van der Waals surface area contributed by atoms with Crippen molar-refractivity contribution in [2.75, 3.05) is 0 Å². The van der Waals surface area contributed by atoms with Gasteiger partial charge in [-0.3, -0.25) is 9.59 Å². The van der Waals surface area contributed by atoms with Gasteiger partial charge in [0.25, 0.3) is 10.2 Å². The quantitative estimate of drug-likeness (QED) is 0.436. The van der Waals surface area contributed by atoms with Crippen LogP contribution in [-0.4, -0.2) is 42.7 Å². The molecule has 1 saturated carbocycles. The fraction of sp³-hybridized carbons (Fsp3) is 0.714. The summed E-state index contributed by atoms with van der Waals surface area (Å²) in [5.41, 5.74) is 0. The van der Waals surface area contributed by atoms with Crippen LogP contribution in [0.5, 0.6) is 0 Å². The van der Waals surface area contributed by atoms with E-state index in [2.05, 4.69) is 4.72 Å². The van der Waals surface area contributed by atoms with Crippen molar-refractivity contribution in [1.82, 2.24) is 9.44 Å². The minimum atomic E-state index is -3.95. The maximum absolute atomic E-state index is 11.3. The number of hydrogen-bond donors (Lipinski definition) is 4. The van der Waals surface area contributed by atoms with Crippen molar-refractivity contribution in [3.63, 3.8) is 0 Å². The molecule has 0 aliphatic heterocycles. The van der Waals surface area contributed by atoms with Gasteiger partial charge < -0.3 is 10.2 Å².